The molecule has 2 aromatic heterocycles. The molecule has 0 aliphatic rings. The minimum Gasteiger partial charge on any atom is -0.368 e. The number of anilines is 2. The summed E-state index contributed by atoms with van der Waals surface area (Å²) in [5.41, 5.74) is 0.736. The molecule has 0 unspecified atom stereocenters. The van der Waals surface area contributed by atoms with Crippen LogP contribution in [0.15, 0.2) is 16.7 Å². The van der Waals surface area contributed by atoms with Crippen LogP contribution < -0.4 is 10.6 Å². The van der Waals surface area contributed by atoms with E-state index in [0.717, 1.165) is 18.2 Å². The van der Waals surface area contributed by atoms with Gasteiger partial charge in [-0.3, -0.25) is 0 Å². The van der Waals surface area contributed by atoms with Crippen molar-refractivity contribution in [2.75, 3.05) is 17.2 Å². The van der Waals surface area contributed by atoms with E-state index in [9.17, 15) is 8.78 Å². The van der Waals surface area contributed by atoms with Crippen molar-refractivity contribution in [3.05, 3.63) is 35.2 Å². The highest BCUT2D eigenvalue weighted by Crippen LogP contribution is 2.19. The van der Waals surface area contributed by atoms with Gasteiger partial charge in [0, 0.05) is 18.7 Å². The normalized spacial score (nSPS) is 10.6. The fourth-order valence-corrected chi connectivity index (χ4v) is 1.63. The van der Waals surface area contributed by atoms with Crippen LogP contribution in [0.1, 0.15) is 24.8 Å². The zero-order valence-electron chi connectivity index (χ0n) is 11.3. The summed E-state index contributed by atoms with van der Waals surface area (Å²) in [6, 6.07) is 2.53. The molecule has 0 bridgehead atoms. The van der Waals surface area contributed by atoms with Gasteiger partial charge in [0.05, 0.1) is 12.2 Å². The lowest BCUT2D eigenvalue weighted by atomic mass is 10.3. The second-order valence-electron chi connectivity index (χ2n) is 4.36. The van der Waals surface area contributed by atoms with Gasteiger partial charge < -0.3 is 15.2 Å². The summed E-state index contributed by atoms with van der Waals surface area (Å²) >= 11 is 0. The molecule has 2 aromatic rings. The maximum absolute atomic E-state index is 13.6. The second-order valence-corrected chi connectivity index (χ2v) is 4.36. The third-order valence-electron chi connectivity index (χ3n) is 2.58. The Labute approximate surface area is 115 Å². The lowest BCUT2D eigenvalue weighted by Crippen LogP contribution is -2.09. The lowest BCUT2D eigenvalue weighted by molar-refractivity contribution is 0.384. The van der Waals surface area contributed by atoms with Gasteiger partial charge in [0.15, 0.2) is 29.0 Å². The van der Waals surface area contributed by atoms with Crippen LogP contribution >= 0.6 is 0 Å². The monoisotopic (exact) mass is 282 g/mol. The van der Waals surface area contributed by atoms with E-state index in [4.69, 9.17) is 4.52 Å². The zero-order chi connectivity index (χ0) is 14.5. The lowest BCUT2D eigenvalue weighted by Gasteiger charge is -2.09. The molecule has 108 valence electrons. The Morgan fingerprint density at radius 1 is 1.15 bits per heavy atom. The number of nitrogens with one attached hydrogen (secondary N) is 2. The van der Waals surface area contributed by atoms with Gasteiger partial charge in [0.25, 0.3) is 0 Å². The highest BCUT2D eigenvalue weighted by atomic mass is 19.1. The van der Waals surface area contributed by atoms with Crippen molar-refractivity contribution < 1.29 is 13.3 Å². The Kier molecular flexibility index (Phi) is 4.49. The topological polar surface area (TPSA) is 63.0 Å². The van der Waals surface area contributed by atoms with Crippen molar-refractivity contribution in [2.24, 2.45) is 0 Å². The van der Waals surface area contributed by atoms with Crippen LogP contribution in [-0.4, -0.2) is 16.7 Å². The highest BCUT2D eigenvalue weighted by molar-refractivity contribution is 5.47. The van der Waals surface area contributed by atoms with Crippen LogP contribution in [0.4, 0.5) is 20.4 Å². The maximum atomic E-state index is 13.6. The van der Waals surface area contributed by atoms with E-state index in [1.54, 1.807) is 13.0 Å². The van der Waals surface area contributed by atoms with Gasteiger partial charge in [-0.15, -0.1) is 0 Å². The Balaban J connectivity index is 2.09. The zero-order valence-corrected chi connectivity index (χ0v) is 11.3. The van der Waals surface area contributed by atoms with E-state index in [0.29, 0.717) is 12.3 Å². The summed E-state index contributed by atoms with van der Waals surface area (Å²) in [7, 11) is 0. The third-order valence-corrected chi connectivity index (χ3v) is 2.58. The minimum absolute atomic E-state index is 0.0287. The molecule has 0 amide bonds. The number of nitrogens with zero attached hydrogens (tertiary/aromatic N) is 2. The number of aromatic nitrogens is 2. The summed E-state index contributed by atoms with van der Waals surface area (Å²) in [6.45, 7) is 4.52. The standard InChI is InChI=1S/C13H16F2N4O/c1-3-4-16-12-10(14)6-11(15)13(18-12)17-7-9-5-8(2)19-20-9/h5-6H,3-4,7H2,1-2H3,(H2,16,17,18). The summed E-state index contributed by atoms with van der Waals surface area (Å²) in [5.74, 6) is -0.905. The van der Waals surface area contributed by atoms with Gasteiger partial charge in [-0.05, 0) is 13.3 Å². The highest BCUT2D eigenvalue weighted by Gasteiger charge is 2.12. The molecule has 2 N–H and O–H groups in total. The largest absolute Gasteiger partial charge is 0.368 e. The van der Waals surface area contributed by atoms with E-state index >= 15 is 0 Å². The van der Waals surface area contributed by atoms with Gasteiger partial charge in [-0.1, -0.05) is 12.1 Å². The SMILES string of the molecule is CCCNc1nc(NCc2cc(C)no2)c(F)cc1F. The molecule has 0 fully saturated rings. The number of pyridine rings is 1. The molecular weight excluding hydrogens is 266 g/mol. The fraction of sp³-hybridized carbons (Fsp3) is 0.385. The first-order chi connectivity index (χ1) is 9.60. The fourth-order valence-electron chi connectivity index (χ4n) is 1.63. The van der Waals surface area contributed by atoms with E-state index < -0.39 is 11.6 Å². The molecular formula is C13H16F2N4O. The molecule has 0 atom stereocenters. The number of aryl methyl sites for hydroxylation is 1. The molecule has 2 rings (SSSR count). The van der Waals surface area contributed by atoms with Crippen LogP contribution in [0.25, 0.3) is 0 Å². The Bertz CT molecular complexity index is 586. The predicted octanol–water partition coefficient (Wildman–Crippen LogP) is 3.09. The first-order valence-corrected chi connectivity index (χ1v) is 6.36. The summed E-state index contributed by atoms with van der Waals surface area (Å²) in [6.07, 6.45) is 0.818. The van der Waals surface area contributed by atoms with Crippen LogP contribution in [0, 0.1) is 18.6 Å². The Hall–Kier alpha value is -2.18. The van der Waals surface area contributed by atoms with Crippen molar-refractivity contribution in [2.45, 2.75) is 26.8 Å². The van der Waals surface area contributed by atoms with Crippen molar-refractivity contribution in [3.8, 4) is 0 Å². The number of halogens is 2. The van der Waals surface area contributed by atoms with Crippen molar-refractivity contribution in [1.82, 2.24) is 10.1 Å². The van der Waals surface area contributed by atoms with Crippen molar-refractivity contribution in [3.63, 3.8) is 0 Å². The van der Waals surface area contributed by atoms with Crippen molar-refractivity contribution >= 4 is 11.6 Å². The smallest absolute Gasteiger partial charge is 0.168 e. The molecule has 0 spiro atoms. The number of hydrogen-bond acceptors (Lipinski definition) is 5. The molecule has 20 heavy (non-hydrogen) atoms. The van der Waals surface area contributed by atoms with Crippen LogP contribution in [-0.2, 0) is 6.54 Å². The number of hydrogen-bond donors (Lipinski definition) is 2. The third kappa shape index (κ3) is 3.43. The van der Waals surface area contributed by atoms with Gasteiger partial charge >= 0.3 is 0 Å². The van der Waals surface area contributed by atoms with Crippen LogP contribution in [0.2, 0.25) is 0 Å². The summed E-state index contributed by atoms with van der Waals surface area (Å²) < 4.78 is 32.1. The van der Waals surface area contributed by atoms with Crippen LogP contribution in [0.5, 0.6) is 0 Å². The molecule has 0 aromatic carbocycles. The van der Waals surface area contributed by atoms with Gasteiger partial charge in [0.1, 0.15) is 0 Å². The first-order valence-electron chi connectivity index (χ1n) is 6.36. The quantitative estimate of drug-likeness (QED) is 0.852. The molecule has 0 saturated carbocycles. The van der Waals surface area contributed by atoms with Crippen LogP contribution in [0.3, 0.4) is 0 Å². The summed E-state index contributed by atoms with van der Waals surface area (Å²) in [5, 5.41) is 9.29. The van der Waals surface area contributed by atoms with Gasteiger partial charge in [-0.25, -0.2) is 13.8 Å². The molecule has 0 aliphatic carbocycles. The second kappa shape index (κ2) is 6.31. The minimum atomic E-state index is -0.749. The molecule has 0 aliphatic heterocycles. The van der Waals surface area contributed by atoms with Gasteiger partial charge in [-0.2, -0.15) is 0 Å². The summed E-state index contributed by atoms with van der Waals surface area (Å²) in [4.78, 5) is 3.90. The van der Waals surface area contributed by atoms with E-state index in [2.05, 4.69) is 20.8 Å². The van der Waals surface area contributed by atoms with E-state index in [-0.39, 0.29) is 18.2 Å². The average Bonchev–Trinajstić information content (AvgIpc) is 2.82. The number of rotatable bonds is 6. The Morgan fingerprint density at radius 2 is 1.85 bits per heavy atom. The first kappa shape index (κ1) is 14.2. The van der Waals surface area contributed by atoms with E-state index in [1.165, 1.54) is 0 Å². The van der Waals surface area contributed by atoms with E-state index in [1.807, 2.05) is 6.92 Å². The molecule has 0 radical (unpaired) electrons. The van der Waals surface area contributed by atoms with Gasteiger partial charge in [0.2, 0.25) is 0 Å². The molecule has 7 heteroatoms. The van der Waals surface area contributed by atoms with Crippen molar-refractivity contribution in [1.29, 1.82) is 0 Å². The molecule has 0 saturated heterocycles. The molecule has 2 heterocycles. The predicted molar refractivity (Wildman–Crippen MR) is 71.5 cm³/mol. The maximum Gasteiger partial charge on any atom is 0.168 e. The Morgan fingerprint density at radius 3 is 2.45 bits per heavy atom. The molecule has 5 nitrogen and oxygen atoms in total. The average molecular weight is 282 g/mol.